The average Bonchev–Trinajstić information content (AvgIpc) is 2.87. The molecule has 20 heavy (non-hydrogen) atoms. The molecule has 3 N–H and O–H groups in total. The van der Waals surface area contributed by atoms with Gasteiger partial charge in [0, 0.05) is 29.5 Å². The van der Waals surface area contributed by atoms with E-state index in [9.17, 15) is 0 Å². The Labute approximate surface area is 127 Å². The number of aryl methyl sites for hydroxylation is 2. The smallest absolute Gasteiger partial charge is 0.119 e. The van der Waals surface area contributed by atoms with Gasteiger partial charge in [-0.3, -0.25) is 16.0 Å². The zero-order valence-corrected chi connectivity index (χ0v) is 13.2. The zero-order valence-electron chi connectivity index (χ0n) is 11.6. The van der Waals surface area contributed by atoms with E-state index in [1.54, 1.807) is 7.11 Å². The van der Waals surface area contributed by atoms with Crippen LogP contribution < -0.4 is 16.0 Å². The Kier molecular flexibility index (Phi) is 5.17. The van der Waals surface area contributed by atoms with Crippen LogP contribution in [0.4, 0.5) is 0 Å². The van der Waals surface area contributed by atoms with Crippen LogP contribution in [0.2, 0.25) is 0 Å². The maximum atomic E-state index is 5.71. The number of nitrogens with one attached hydrogen (secondary N) is 1. The number of hydrogen-bond acceptors (Lipinski definition) is 4. The van der Waals surface area contributed by atoms with Crippen molar-refractivity contribution in [1.82, 2.24) is 15.2 Å². The number of nitrogens with two attached hydrogens (primary N) is 1. The summed E-state index contributed by atoms with van der Waals surface area (Å²) in [5.74, 6) is 6.53. The van der Waals surface area contributed by atoms with Gasteiger partial charge >= 0.3 is 0 Å². The van der Waals surface area contributed by atoms with Crippen molar-refractivity contribution in [2.24, 2.45) is 12.9 Å². The Bertz CT molecular complexity index is 570. The van der Waals surface area contributed by atoms with E-state index < -0.39 is 0 Å². The zero-order chi connectivity index (χ0) is 14.5. The van der Waals surface area contributed by atoms with Crippen LogP contribution in [0.5, 0.6) is 5.75 Å². The van der Waals surface area contributed by atoms with Crippen LogP contribution in [-0.2, 0) is 13.5 Å². The number of benzene rings is 1. The molecule has 0 fully saturated rings. The molecule has 1 heterocycles. The molecule has 0 aliphatic rings. The fraction of sp³-hybridized carbons (Fsp3) is 0.357. The molecular formula is C14H19BrN4O. The summed E-state index contributed by atoms with van der Waals surface area (Å²) >= 11 is 3.57. The molecule has 108 valence electrons. The highest BCUT2D eigenvalue weighted by Crippen LogP contribution is 2.29. The van der Waals surface area contributed by atoms with Crippen LogP contribution in [0.3, 0.4) is 0 Å². The van der Waals surface area contributed by atoms with Crippen molar-refractivity contribution in [3.8, 4) is 5.75 Å². The normalized spacial score (nSPS) is 12.4. The molecule has 0 saturated carbocycles. The molecule has 1 aromatic carbocycles. The molecule has 2 rings (SSSR count). The first kappa shape index (κ1) is 15.0. The van der Waals surface area contributed by atoms with Crippen LogP contribution in [0, 0.1) is 0 Å². The molecule has 0 aliphatic heterocycles. The standard InChI is InChI=1S/C14H19BrN4O/c1-19-10(7-8-17-19)3-6-14(18-16)12-9-11(20-2)4-5-13(12)15/h4-5,7-9,14,18H,3,6,16H2,1-2H3. The SMILES string of the molecule is COc1ccc(Br)c(C(CCc2ccnn2C)NN)c1. The van der Waals surface area contributed by atoms with Crippen LogP contribution >= 0.6 is 15.9 Å². The monoisotopic (exact) mass is 338 g/mol. The second-order valence-electron chi connectivity index (χ2n) is 4.59. The summed E-state index contributed by atoms with van der Waals surface area (Å²) in [6.07, 6.45) is 3.58. The quantitative estimate of drug-likeness (QED) is 0.626. The molecule has 0 saturated heterocycles. The van der Waals surface area contributed by atoms with E-state index in [0.29, 0.717) is 0 Å². The predicted molar refractivity (Wildman–Crippen MR) is 82.3 cm³/mol. The van der Waals surface area contributed by atoms with Crippen molar-refractivity contribution < 1.29 is 4.74 Å². The molecule has 1 aromatic heterocycles. The Morgan fingerprint density at radius 3 is 2.85 bits per heavy atom. The molecular weight excluding hydrogens is 320 g/mol. The molecule has 5 nitrogen and oxygen atoms in total. The van der Waals surface area contributed by atoms with Crippen molar-refractivity contribution in [1.29, 1.82) is 0 Å². The lowest BCUT2D eigenvalue weighted by Gasteiger charge is -2.18. The van der Waals surface area contributed by atoms with Crippen molar-refractivity contribution >= 4 is 15.9 Å². The van der Waals surface area contributed by atoms with Crippen molar-refractivity contribution in [3.05, 3.63) is 46.2 Å². The minimum Gasteiger partial charge on any atom is -0.497 e. The third-order valence-electron chi connectivity index (χ3n) is 3.39. The van der Waals surface area contributed by atoms with Gasteiger partial charge in [-0.05, 0) is 42.7 Å². The topological polar surface area (TPSA) is 65.1 Å². The maximum absolute atomic E-state index is 5.71. The Balaban J connectivity index is 2.13. The number of hydrogen-bond donors (Lipinski definition) is 2. The van der Waals surface area contributed by atoms with Gasteiger partial charge in [-0.2, -0.15) is 5.10 Å². The average molecular weight is 339 g/mol. The van der Waals surface area contributed by atoms with Gasteiger partial charge in [0.2, 0.25) is 0 Å². The first-order valence-electron chi connectivity index (χ1n) is 6.42. The summed E-state index contributed by atoms with van der Waals surface area (Å²) in [6, 6.07) is 7.96. The summed E-state index contributed by atoms with van der Waals surface area (Å²) in [7, 11) is 3.61. The van der Waals surface area contributed by atoms with Gasteiger partial charge in [0.25, 0.3) is 0 Å². The first-order chi connectivity index (χ1) is 9.65. The van der Waals surface area contributed by atoms with E-state index >= 15 is 0 Å². The highest BCUT2D eigenvalue weighted by Gasteiger charge is 2.15. The van der Waals surface area contributed by atoms with Crippen molar-refractivity contribution in [3.63, 3.8) is 0 Å². The fourth-order valence-electron chi connectivity index (χ4n) is 2.18. The minimum absolute atomic E-state index is 0.0503. The van der Waals surface area contributed by atoms with Gasteiger partial charge in [0.1, 0.15) is 5.75 Å². The van der Waals surface area contributed by atoms with E-state index in [1.165, 1.54) is 5.69 Å². The van der Waals surface area contributed by atoms with Gasteiger partial charge < -0.3 is 4.74 Å². The number of hydrazine groups is 1. The van der Waals surface area contributed by atoms with Crippen LogP contribution in [-0.4, -0.2) is 16.9 Å². The van der Waals surface area contributed by atoms with Crippen molar-refractivity contribution in [2.45, 2.75) is 18.9 Å². The molecule has 0 amide bonds. The lowest BCUT2D eigenvalue weighted by atomic mass is 10.0. The highest BCUT2D eigenvalue weighted by atomic mass is 79.9. The number of ether oxygens (including phenoxy) is 1. The first-order valence-corrected chi connectivity index (χ1v) is 7.21. The highest BCUT2D eigenvalue weighted by molar-refractivity contribution is 9.10. The van der Waals surface area contributed by atoms with E-state index in [1.807, 2.05) is 42.2 Å². The van der Waals surface area contributed by atoms with Gasteiger partial charge in [-0.15, -0.1) is 0 Å². The van der Waals surface area contributed by atoms with Gasteiger partial charge in [-0.1, -0.05) is 15.9 Å². The van der Waals surface area contributed by atoms with E-state index in [-0.39, 0.29) is 6.04 Å². The summed E-state index contributed by atoms with van der Waals surface area (Å²) < 4.78 is 8.17. The Hall–Kier alpha value is -1.37. The van der Waals surface area contributed by atoms with Crippen molar-refractivity contribution in [2.75, 3.05) is 7.11 Å². The lowest BCUT2D eigenvalue weighted by Crippen LogP contribution is -2.28. The van der Waals surface area contributed by atoms with E-state index in [4.69, 9.17) is 10.6 Å². The van der Waals surface area contributed by atoms with E-state index in [0.717, 1.165) is 28.6 Å². The molecule has 6 heteroatoms. The largest absolute Gasteiger partial charge is 0.497 e. The van der Waals surface area contributed by atoms with Gasteiger partial charge in [0.15, 0.2) is 0 Å². The summed E-state index contributed by atoms with van der Waals surface area (Å²) in [4.78, 5) is 0. The van der Waals surface area contributed by atoms with Crippen LogP contribution in [0.25, 0.3) is 0 Å². The molecule has 0 radical (unpaired) electrons. The number of halogens is 1. The summed E-state index contributed by atoms with van der Waals surface area (Å²) in [5, 5.41) is 4.17. The van der Waals surface area contributed by atoms with Crippen LogP contribution in [0.15, 0.2) is 34.9 Å². The molecule has 0 aliphatic carbocycles. The van der Waals surface area contributed by atoms with E-state index in [2.05, 4.69) is 26.5 Å². The summed E-state index contributed by atoms with van der Waals surface area (Å²) in [6.45, 7) is 0. The Morgan fingerprint density at radius 2 is 2.25 bits per heavy atom. The second kappa shape index (κ2) is 6.88. The lowest BCUT2D eigenvalue weighted by molar-refractivity contribution is 0.412. The number of methoxy groups -OCH3 is 1. The molecule has 2 aromatic rings. The molecule has 1 unspecified atom stereocenters. The predicted octanol–water partition coefficient (Wildman–Crippen LogP) is 2.33. The minimum atomic E-state index is 0.0503. The number of aromatic nitrogens is 2. The van der Waals surface area contributed by atoms with Gasteiger partial charge in [0.05, 0.1) is 7.11 Å². The Morgan fingerprint density at radius 1 is 1.45 bits per heavy atom. The second-order valence-corrected chi connectivity index (χ2v) is 5.45. The number of rotatable bonds is 6. The van der Waals surface area contributed by atoms with Crippen LogP contribution in [0.1, 0.15) is 23.7 Å². The fourth-order valence-corrected chi connectivity index (χ4v) is 2.71. The maximum Gasteiger partial charge on any atom is 0.119 e. The molecule has 1 atom stereocenters. The van der Waals surface area contributed by atoms with Gasteiger partial charge in [-0.25, -0.2) is 0 Å². The third kappa shape index (κ3) is 3.39. The summed E-state index contributed by atoms with van der Waals surface area (Å²) in [5.41, 5.74) is 5.15. The molecule has 0 bridgehead atoms. The third-order valence-corrected chi connectivity index (χ3v) is 4.11. The number of nitrogens with zero attached hydrogens (tertiary/aromatic N) is 2. The molecule has 0 spiro atoms.